The van der Waals surface area contributed by atoms with Crippen molar-refractivity contribution in [3.05, 3.63) is 60.2 Å². The number of carboxylic acids is 1. The molecule has 0 aromatic heterocycles. The van der Waals surface area contributed by atoms with Crippen molar-refractivity contribution < 1.29 is 50.4 Å². The zero-order valence-corrected chi connectivity index (χ0v) is 22.4. The van der Waals surface area contributed by atoms with Crippen LogP contribution in [0.2, 0.25) is 0 Å². The average Bonchev–Trinajstić information content (AvgIpc) is 2.89. The summed E-state index contributed by atoms with van der Waals surface area (Å²) in [6.45, 7) is 1.96. The highest BCUT2D eigenvalue weighted by molar-refractivity contribution is 7.89. The normalized spacial score (nSPS) is 11.8. The van der Waals surface area contributed by atoms with Gasteiger partial charge in [-0.2, -0.15) is 17.9 Å². The zero-order valence-electron chi connectivity index (χ0n) is 21.6. The molecule has 3 N–H and O–H groups in total. The van der Waals surface area contributed by atoms with E-state index >= 15 is 0 Å². The number of nitrogens with zero attached hydrogens (tertiary/aromatic N) is 1. The number of amides is 1. The third-order valence-electron chi connectivity index (χ3n) is 5.05. The number of aliphatic carboxylic acids is 1. The van der Waals surface area contributed by atoms with Crippen molar-refractivity contribution in [3.63, 3.8) is 0 Å². The second-order valence-corrected chi connectivity index (χ2v) is 9.96. The van der Waals surface area contributed by atoms with Gasteiger partial charge in [0.2, 0.25) is 22.2 Å². The van der Waals surface area contributed by atoms with Gasteiger partial charge in [0.15, 0.2) is 5.71 Å². The molecule has 2 aromatic rings. The summed E-state index contributed by atoms with van der Waals surface area (Å²) in [7, 11) is -0.0758. The monoisotopic (exact) mass is 574 g/mol. The van der Waals surface area contributed by atoms with E-state index in [1.54, 1.807) is 6.07 Å². The lowest BCUT2D eigenvalue weighted by molar-refractivity contribution is -0.464. The molecule has 0 radical (unpaired) electrons. The summed E-state index contributed by atoms with van der Waals surface area (Å²) in [6, 6.07) is 13.6. The number of carboxylic acid groups (broad SMARTS) is 1. The average molecular weight is 575 g/mol. The van der Waals surface area contributed by atoms with Gasteiger partial charge in [0.25, 0.3) is 0 Å². The van der Waals surface area contributed by atoms with Gasteiger partial charge in [-0.3, -0.25) is 14.4 Å². The fraction of sp³-hybridized carbons (Fsp3) is 0.360. The number of nitrogens with one attached hydrogen (secondary N) is 2. The summed E-state index contributed by atoms with van der Waals surface area (Å²) in [5.41, 5.74) is 2.21. The van der Waals surface area contributed by atoms with Crippen molar-refractivity contribution in [2.24, 2.45) is 0 Å². The number of carbonyl (C=O) groups excluding carboxylic acids is 2. The smallest absolute Gasteiger partial charge is 0.446 e. The summed E-state index contributed by atoms with van der Waals surface area (Å²) < 4.78 is 65.7. The second kappa shape index (κ2) is 15.6. The van der Waals surface area contributed by atoms with Crippen LogP contribution in [0.1, 0.15) is 25.3 Å². The lowest BCUT2D eigenvalue weighted by Gasteiger charge is -2.15. The molecule has 14 heteroatoms. The first-order valence-corrected chi connectivity index (χ1v) is 13.0. The number of hydrogen-bond donors (Lipinski definition) is 3. The minimum Gasteiger partial charge on any atom is -0.494 e. The first-order chi connectivity index (χ1) is 18.2. The molecule has 0 fully saturated rings. The number of ether oxygens (including phenoxy) is 1. The number of aldehydes is 1. The highest BCUT2D eigenvalue weighted by atomic mass is 32.2. The number of benzene rings is 2. The van der Waals surface area contributed by atoms with E-state index in [9.17, 15) is 36.3 Å². The molecule has 0 bridgehead atoms. The molecule has 1 amide bonds. The van der Waals surface area contributed by atoms with E-state index < -0.39 is 40.4 Å². The lowest BCUT2D eigenvalue weighted by atomic mass is 10.1. The van der Waals surface area contributed by atoms with E-state index in [0.717, 1.165) is 11.3 Å². The summed E-state index contributed by atoms with van der Waals surface area (Å²) >= 11 is 0. The van der Waals surface area contributed by atoms with Crippen LogP contribution >= 0.6 is 0 Å². The molecule has 39 heavy (non-hydrogen) atoms. The first kappa shape index (κ1) is 33.2. The van der Waals surface area contributed by atoms with Crippen LogP contribution in [0, 0.1) is 0 Å². The number of alkyl halides is 3. The molecule has 2 aromatic carbocycles. The molecule has 1 atom stereocenters. The zero-order chi connectivity index (χ0) is 29.6. The first-order valence-electron chi connectivity index (χ1n) is 11.5. The maximum atomic E-state index is 12.3. The molecule has 0 aliphatic rings. The van der Waals surface area contributed by atoms with Crippen molar-refractivity contribution >= 4 is 33.9 Å². The SMILES string of the molecule is CC(c1ccc(OCCCC(=O)NCC(NS(=O)(=O)c2ccccc2)C(=O)O)cc1)=[N+](C)C.O=CC(F)(F)F. The minimum absolute atomic E-state index is 0.0532. The van der Waals surface area contributed by atoms with Crippen LogP contribution < -0.4 is 14.8 Å². The van der Waals surface area contributed by atoms with Crippen LogP contribution in [-0.2, 0) is 24.4 Å². The molecular weight excluding hydrogens is 543 g/mol. The highest BCUT2D eigenvalue weighted by Crippen LogP contribution is 2.13. The molecule has 10 nitrogen and oxygen atoms in total. The van der Waals surface area contributed by atoms with Crippen LogP contribution in [-0.4, -0.2) is 81.4 Å². The summed E-state index contributed by atoms with van der Waals surface area (Å²) in [5.74, 6) is -1.09. The molecule has 0 saturated heterocycles. The van der Waals surface area contributed by atoms with E-state index in [1.165, 1.54) is 24.3 Å². The van der Waals surface area contributed by atoms with Gasteiger partial charge in [-0.25, -0.2) is 13.0 Å². The Morgan fingerprint density at radius 1 is 1.08 bits per heavy atom. The van der Waals surface area contributed by atoms with E-state index in [0.29, 0.717) is 18.8 Å². The molecule has 0 heterocycles. The summed E-state index contributed by atoms with van der Waals surface area (Å²) in [5, 5.41) is 11.8. The predicted molar refractivity (Wildman–Crippen MR) is 136 cm³/mol. The van der Waals surface area contributed by atoms with Gasteiger partial charge in [0.05, 0.1) is 11.5 Å². The van der Waals surface area contributed by atoms with Crippen molar-refractivity contribution in [2.45, 2.75) is 36.9 Å². The molecule has 0 saturated carbocycles. The number of halogens is 3. The Hall–Kier alpha value is -3.78. The molecule has 0 spiro atoms. The molecule has 2 rings (SSSR count). The van der Waals surface area contributed by atoms with Crippen LogP contribution in [0.15, 0.2) is 59.5 Å². The van der Waals surface area contributed by atoms with Crippen LogP contribution in [0.4, 0.5) is 13.2 Å². The highest BCUT2D eigenvalue weighted by Gasteiger charge is 2.26. The van der Waals surface area contributed by atoms with Gasteiger partial charge in [-0.15, -0.1) is 0 Å². The van der Waals surface area contributed by atoms with Crippen molar-refractivity contribution in [3.8, 4) is 5.75 Å². The van der Waals surface area contributed by atoms with Gasteiger partial charge in [-0.1, -0.05) is 18.2 Å². The summed E-state index contributed by atoms with van der Waals surface area (Å²) in [6.07, 6.45) is -5.17. The quantitative estimate of drug-likeness (QED) is 0.153. The Morgan fingerprint density at radius 3 is 2.13 bits per heavy atom. The molecule has 0 aliphatic heterocycles. The van der Waals surface area contributed by atoms with E-state index in [-0.39, 0.29) is 17.9 Å². The third-order valence-corrected chi connectivity index (χ3v) is 6.53. The summed E-state index contributed by atoms with van der Waals surface area (Å²) in [4.78, 5) is 32.1. The maximum absolute atomic E-state index is 12.3. The van der Waals surface area contributed by atoms with Crippen LogP contribution in [0.3, 0.4) is 0 Å². The maximum Gasteiger partial charge on any atom is 0.446 e. The standard InChI is InChI=1S/C23H29N3O6S.C2HF3O/c1-17(26(2)3)18-11-13-19(14-12-18)32-15-7-10-22(27)24-16-21(23(28)29)25-33(30,31)20-8-5-4-6-9-20;3-2(4,5)1-6/h4-6,8-9,11-14,21,25H,7,10,15-16H2,1-3H3,(H-,24,27,28,29);1H/p+1. The predicted octanol–water partition coefficient (Wildman–Crippen LogP) is 2.22. The Morgan fingerprint density at radius 2 is 1.64 bits per heavy atom. The number of rotatable bonds is 12. The third kappa shape index (κ3) is 13.0. The van der Waals surface area contributed by atoms with Crippen LogP contribution in [0.25, 0.3) is 0 Å². The largest absolute Gasteiger partial charge is 0.494 e. The fourth-order valence-electron chi connectivity index (χ4n) is 2.81. The van der Waals surface area contributed by atoms with Gasteiger partial charge < -0.3 is 15.2 Å². The Kier molecular flexibility index (Phi) is 13.3. The van der Waals surface area contributed by atoms with Gasteiger partial charge in [-0.05, 0) is 42.8 Å². The number of hydrogen-bond acceptors (Lipinski definition) is 6. The van der Waals surface area contributed by atoms with Crippen molar-refractivity contribution in [2.75, 3.05) is 27.2 Å². The van der Waals surface area contributed by atoms with E-state index in [1.807, 2.05) is 49.9 Å². The van der Waals surface area contributed by atoms with Crippen LogP contribution in [0.5, 0.6) is 5.75 Å². The molecule has 1 unspecified atom stereocenters. The van der Waals surface area contributed by atoms with Gasteiger partial charge in [0.1, 0.15) is 25.9 Å². The fourth-order valence-corrected chi connectivity index (χ4v) is 4.02. The number of carbonyl (C=O) groups is 3. The Bertz CT molecular complexity index is 1230. The lowest BCUT2D eigenvalue weighted by Crippen LogP contribution is -2.48. The molecular formula is C25H31F3N3O7S+. The van der Waals surface area contributed by atoms with E-state index in [2.05, 4.69) is 10.0 Å². The van der Waals surface area contributed by atoms with E-state index in [4.69, 9.17) is 9.53 Å². The Balaban J connectivity index is 0.00000113. The molecule has 0 aliphatic carbocycles. The van der Waals surface area contributed by atoms with Gasteiger partial charge in [0, 0.05) is 25.5 Å². The van der Waals surface area contributed by atoms with Crippen molar-refractivity contribution in [1.82, 2.24) is 10.0 Å². The van der Waals surface area contributed by atoms with Crippen molar-refractivity contribution in [1.29, 1.82) is 0 Å². The minimum atomic E-state index is -4.64. The Labute approximate surface area is 224 Å². The number of sulfonamides is 1. The molecule has 214 valence electrons. The topological polar surface area (TPSA) is 142 Å². The second-order valence-electron chi connectivity index (χ2n) is 8.24. The van der Waals surface area contributed by atoms with Gasteiger partial charge >= 0.3 is 12.1 Å².